The van der Waals surface area contributed by atoms with E-state index in [1.807, 2.05) is 0 Å². The van der Waals surface area contributed by atoms with Crippen LogP contribution in [0.4, 0.5) is 5.69 Å². The first-order chi connectivity index (χ1) is 7.81. The quantitative estimate of drug-likeness (QED) is 0.838. The number of para-hydroxylation sites is 1. The maximum Gasteiger partial charge on any atom is 0.0718 e. The van der Waals surface area contributed by atoms with Gasteiger partial charge in [0, 0.05) is 39.0 Å². The van der Waals surface area contributed by atoms with E-state index in [1.54, 1.807) is 7.11 Å². The summed E-state index contributed by atoms with van der Waals surface area (Å²) < 4.78 is 5.35. The van der Waals surface area contributed by atoms with Gasteiger partial charge in [-0.25, -0.2) is 0 Å². The summed E-state index contributed by atoms with van der Waals surface area (Å²) in [7, 11) is 1.77. The van der Waals surface area contributed by atoms with E-state index in [0.717, 1.165) is 26.2 Å². The Morgan fingerprint density at radius 1 is 1.44 bits per heavy atom. The zero-order valence-electron chi connectivity index (χ0n) is 10.1. The summed E-state index contributed by atoms with van der Waals surface area (Å²) in [4.78, 5) is 2.41. The zero-order valence-corrected chi connectivity index (χ0v) is 10.1. The Hall–Kier alpha value is -1.06. The van der Waals surface area contributed by atoms with Gasteiger partial charge in [-0.15, -0.1) is 0 Å². The van der Waals surface area contributed by atoms with Gasteiger partial charge in [0.25, 0.3) is 0 Å². The second kappa shape index (κ2) is 5.32. The summed E-state index contributed by atoms with van der Waals surface area (Å²) in [5.74, 6) is 0. The highest BCUT2D eigenvalue weighted by Gasteiger charge is 2.16. The number of rotatable bonds is 3. The Kier molecular flexibility index (Phi) is 3.80. The number of ether oxygens (including phenoxy) is 1. The third-order valence-electron chi connectivity index (χ3n) is 3.09. The monoisotopic (exact) mass is 220 g/mol. The number of methoxy groups -OCH3 is 1. The Morgan fingerprint density at radius 3 is 3.06 bits per heavy atom. The molecule has 1 aromatic rings. The van der Waals surface area contributed by atoms with Crippen molar-refractivity contribution >= 4 is 5.69 Å². The average Bonchev–Trinajstić information content (AvgIpc) is 2.52. The maximum atomic E-state index is 5.35. The van der Waals surface area contributed by atoms with Crippen molar-refractivity contribution in [3.05, 3.63) is 29.8 Å². The fourth-order valence-corrected chi connectivity index (χ4v) is 2.10. The van der Waals surface area contributed by atoms with E-state index in [1.165, 1.54) is 11.3 Å². The van der Waals surface area contributed by atoms with E-state index in [0.29, 0.717) is 0 Å². The van der Waals surface area contributed by atoms with Crippen LogP contribution in [0.3, 0.4) is 0 Å². The zero-order chi connectivity index (χ0) is 11.4. The van der Waals surface area contributed by atoms with Gasteiger partial charge in [-0.1, -0.05) is 18.2 Å². The predicted molar refractivity (Wildman–Crippen MR) is 66.8 cm³/mol. The molecule has 1 unspecified atom stereocenters. The van der Waals surface area contributed by atoms with E-state index in [4.69, 9.17) is 4.74 Å². The standard InChI is InChI=1S/C13H20N2O/c1-11(16-2)10-15-8-7-14-9-12-5-3-4-6-13(12)15/h3-6,11,14H,7-10H2,1-2H3. The molecule has 3 heteroatoms. The molecule has 3 nitrogen and oxygen atoms in total. The molecule has 0 saturated carbocycles. The van der Waals surface area contributed by atoms with Gasteiger partial charge in [0.1, 0.15) is 0 Å². The Morgan fingerprint density at radius 2 is 2.25 bits per heavy atom. The van der Waals surface area contributed by atoms with E-state index >= 15 is 0 Å². The molecule has 0 bridgehead atoms. The SMILES string of the molecule is COC(C)CN1CCNCc2ccccc21. The third kappa shape index (κ3) is 2.54. The number of anilines is 1. The highest BCUT2D eigenvalue weighted by atomic mass is 16.5. The minimum atomic E-state index is 0.270. The van der Waals surface area contributed by atoms with Gasteiger partial charge in [0.2, 0.25) is 0 Å². The fraction of sp³-hybridized carbons (Fsp3) is 0.538. The molecule has 88 valence electrons. The average molecular weight is 220 g/mol. The maximum absolute atomic E-state index is 5.35. The molecule has 0 aromatic heterocycles. The number of hydrogen-bond acceptors (Lipinski definition) is 3. The summed E-state index contributed by atoms with van der Waals surface area (Å²) >= 11 is 0. The molecule has 0 radical (unpaired) electrons. The topological polar surface area (TPSA) is 24.5 Å². The van der Waals surface area contributed by atoms with E-state index in [9.17, 15) is 0 Å². The lowest BCUT2D eigenvalue weighted by Crippen LogP contribution is -2.35. The smallest absolute Gasteiger partial charge is 0.0718 e. The second-order valence-corrected chi connectivity index (χ2v) is 4.30. The fourth-order valence-electron chi connectivity index (χ4n) is 2.10. The predicted octanol–water partition coefficient (Wildman–Crippen LogP) is 1.63. The van der Waals surface area contributed by atoms with Gasteiger partial charge in [0.05, 0.1) is 6.10 Å². The van der Waals surface area contributed by atoms with Crippen LogP contribution in [0, 0.1) is 0 Å². The molecule has 1 N–H and O–H groups in total. The van der Waals surface area contributed by atoms with Crippen LogP contribution in [0.2, 0.25) is 0 Å². The second-order valence-electron chi connectivity index (χ2n) is 4.30. The van der Waals surface area contributed by atoms with Gasteiger partial charge >= 0.3 is 0 Å². The summed E-state index contributed by atoms with van der Waals surface area (Å²) in [6.45, 7) is 6.11. The number of hydrogen-bond donors (Lipinski definition) is 1. The van der Waals surface area contributed by atoms with Crippen molar-refractivity contribution in [1.29, 1.82) is 0 Å². The van der Waals surface area contributed by atoms with Crippen LogP contribution in [0.25, 0.3) is 0 Å². The highest BCUT2D eigenvalue weighted by molar-refractivity contribution is 5.54. The Balaban J connectivity index is 2.19. The molecule has 1 aliphatic heterocycles. The van der Waals surface area contributed by atoms with Crippen molar-refractivity contribution in [2.24, 2.45) is 0 Å². The summed E-state index contributed by atoms with van der Waals surface area (Å²) in [6, 6.07) is 8.60. The molecule has 0 fully saturated rings. The van der Waals surface area contributed by atoms with Gasteiger partial charge in [-0.05, 0) is 18.6 Å². The van der Waals surface area contributed by atoms with Gasteiger partial charge in [-0.3, -0.25) is 0 Å². The lowest BCUT2D eigenvalue weighted by Gasteiger charge is -2.27. The Bertz CT molecular complexity index is 340. The molecular formula is C13H20N2O. The van der Waals surface area contributed by atoms with Crippen LogP contribution in [-0.4, -0.2) is 32.8 Å². The molecule has 16 heavy (non-hydrogen) atoms. The van der Waals surface area contributed by atoms with Crippen molar-refractivity contribution in [1.82, 2.24) is 5.32 Å². The van der Waals surface area contributed by atoms with Crippen molar-refractivity contribution in [3.8, 4) is 0 Å². The number of benzene rings is 1. The van der Waals surface area contributed by atoms with Crippen LogP contribution in [0.5, 0.6) is 0 Å². The summed E-state index contributed by atoms with van der Waals surface area (Å²) in [5.41, 5.74) is 2.72. The summed E-state index contributed by atoms with van der Waals surface area (Å²) in [5, 5.41) is 3.44. The summed E-state index contributed by atoms with van der Waals surface area (Å²) in [6.07, 6.45) is 0.270. The van der Waals surface area contributed by atoms with E-state index in [-0.39, 0.29) is 6.10 Å². The highest BCUT2D eigenvalue weighted by Crippen LogP contribution is 2.22. The minimum absolute atomic E-state index is 0.270. The molecule has 1 aromatic carbocycles. The van der Waals surface area contributed by atoms with Crippen LogP contribution in [-0.2, 0) is 11.3 Å². The number of nitrogens with one attached hydrogen (secondary N) is 1. The molecule has 2 rings (SSSR count). The molecule has 0 amide bonds. The molecular weight excluding hydrogens is 200 g/mol. The van der Waals surface area contributed by atoms with Crippen molar-refractivity contribution < 1.29 is 4.74 Å². The number of nitrogens with zero attached hydrogens (tertiary/aromatic N) is 1. The van der Waals surface area contributed by atoms with E-state index in [2.05, 4.69) is 41.4 Å². The lowest BCUT2D eigenvalue weighted by atomic mass is 10.1. The molecule has 1 atom stereocenters. The normalized spacial score (nSPS) is 17.8. The lowest BCUT2D eigenvalue weighted by molar-refractivity contribution is 0.123. The van der Waals surface area contributed by atoms with Crippen LogP contribution in [0.15, 0.2) is 24.3 Å². The largest absolute Gasteiger partial charge is 0.380 e. The van der Waals surface area contributed by atoms with Gasteiger partial charge in [-0.2, -0.15) is 0 Å². The van der Waals surface area contributed by atoms with Gasteiger partial charge in [0.15, 0.2) is 0 Å². The molecule has 1 heterocycles. The van der Waals surface area contributed by atoms with Crippen LogP contribution < -0.4 is 10.2 Å². The Labute approximate surface area is 97.4 Å². The first-order valence-corrected chi connectivity index (χ1v) is 5.87. The van der Waals surface area contributed by atoms with Crippen molar-refractivity contribution in [2.75, 3.05) is 31.6 Å². The first kappa shape index (κ1) is 11.4. The number of fused-ring (bicyclic) bond motifs is 1. The van der Waals surface area contributed by atoms with Crippen LogP contribution in [0.1, 0.15) is 12.5 Å². The van der Waals surface area contributed by atoms with Crippen molar-refractivity contribution in [2.45, 2.75) is 19.6 Å². The molecule has 0 spiro atoms. The first-order valence-electron chi connectivity index (χ1n) is 5.87. The van der Waals surface area contributed by atoms with Gasteiger partial charge < -0.3 is 15.0 Å². The van der Waals surface area contributed by atoms with E-state index < -0.39 is 0 Å². The van der Waals surface area contributed by atoms with Crippen LogP contribution >= 0.6 is 0 Å². The van der Waals surface area contributed by atoms with Crippen molar-refractivity contribution in [3.63, 3.8) is 0 Å². The molecule has 1 aliphatic rings. The minimum Gasteiger partial charge on any atom is -0.380 e. The molecule has 0 saturated heterocycles. The molecule has 0 aliphatic carbocycles. The third-order valence-corrected chi connectivity index (χ3v) is 3.09.